The first kappa shape index (κ1) is 14.4. The topological polar surface area (TPSA) is 46.5 Å². The number of carbonyl (C=O) groups is 1. The Morgan fingerprint density at radius 2 is 1.84 bits per heavy atom. The minimum Gasteiger partial charge on any atom is -0.469 e. The number of aliphatic hydroxyl groups is 1. The summed E-state index contributed by atoms with van der Waals surface area (Å²) < 4.78 is 4.93. The number of esters is 1. The highest BCUT2D eigenvalue weighted by molar-refractivity contribution is 6.30. The van der Waals surface area contributed by atoms with Gasteiger partial charge in [-0.05, 0) is 30.5 Å². The lowest BCUT2D eigenvalue weighted by Gasteiger charge is -2.38. The van der Waals surface area contributed by atoms with Crippen molar-refractivity contribution >= 4 is 17.6 Å². The molecule has 1 aromatic carbocycles. The van der Waals surface area contributed by atoms with Crippen molar-refractivity contribution in [1.82, 2.24) is 0 Å². The van der Waals surface area contributed by atoms with Crippen LogP contribution in [-0.2, 0) is 9.53 Å². The van der Waals surface area contributed by atoms with Gasteiger partial charge in [0.05, 0.1) is 18.6 Å². The van der Waals surface area contributed by atoms with E-state index in [1.54, 1.807) is 24.3 Å². The Kier molecular flexibility index (Phi) is 4.48. The summed E-state index contributed by atoms with van der Waals surface area (Å²) in [4.78, 5) is 12.2. The lowest BCUT2D eigenvalue weighted by atomic mass is 9.68. The Hall–Kier alpha value is -1.06. The molecule has 1 fully saturated rings. The van der Waals surface area contributed by atoms with Crippen molar-refractivity contribution < 1.29 is 14.6 Å². The van der Waals surface area contributed by atoms with Crippen molar-refractivity contribution in [3.63, 3.8) is 0 Å². The molecule has 0 bridgehead atoms. The normalized spacial score (nSPS) is 19.7. The van der Waals surface area contributed by atoms with Crippen LogP contribution in [0.1, 0.15) is 43.8 Å². The van der Waals surface area contributed by atoms with E-state index in [9.17, 15) is 9.90 Å². The quantitative estimate of drug-likeness (QED) is 0.863. The highest BCUT2D eigenvalue weighted by Gasteiger charge is 2.47. The number of hydrogen-bond acceptors (Lipinski definition) is 3. The van der Waals surface area contributed by atoms with Gasteiger partial charge >= 0.3 is 5.97 Å². The summed E-state index contributed by atoms with van der Waals surface area (Å²) in [6.07, 6.45) is 3.50. The molecule has 1 saturated carbocycles. The summed E-state index contributed by atoms with van der Waals surface area (Å²) in [5.41, 5.74) is -0.0856. The van der Waals surface area contributed by atoms with Gasteiger partial charge in [-0.25, -0.2) is 0 Å². The lowest BCUT2D eigenvalue weighted by Crippen LogP contribution is -2.40. The summed E-state index contributed by atoms with van der Waals surface area (Å²) >= 11 is 5.85. The Morgan fingerprint density at radius 3 is 2.37 bits per heavy atom. The summed E-state index contributed by atoms with van der Waals surface area (Å²) in [7, 11) is 1.38. The fourth-order valence-electron chi connectivity index (χ4n) is 2.94. The van der Waals surface area contributed by atoms with Gasteiger partial charge in [0, 0.05) is 5.02 Å². The molecule has 1 aliphatic rings. The fourth-order valence-corrected chi connectivity index (χ4v) is 3.07. The minimum atomic E-state index is -0.836. The number of aliphatic hydroxyl groups excluding tert-OH is 1. The highest BCUT2D eigenvalue weighted by atomic mass is 35.5. The molecular formula is C15H19ClO3. The number of rotatable bonds is 3. The number of methoxy groups -OCH3 is 1. The Bertz CT molecular complexity index is 435. The molecular weight excluding hydrogens is 264 g/mol. The zero-order chi connectivity index (χ0) is 13.9. The lowest BCUT2D eigenvalue weighted by molar-refractivity contribution is -0.164. The first-order valence-corrected chi connectivity index (χ1v) is 7.00. The molecule has 0 aromatic heterocycles. The molecule has 1 unspecified atom stereocenters. The molecule has 2 rings (SSSR count). The largest absolute Gasteiger partial charge is 0.469 e. The summed E-state index contributed by atoms with van der Waals surface area (Å²) in [5.74, 6) is -0.311. The average Bonchev–Trinajstić information content (AvgIpc) is 2.47. The van der Waals surface area contributed by atoms with Crippen molar-refractivity contribution in [2.24, 2.45) is 5.41 Å². The summed E-state index contributed by atoms with van der Waals surface area (Å²) in [6.45, 7) is 0. The SMILES string of the molecule is COC(=O)C1(C(O)c2ccc(Cl)cc2)CCCCC1. The van der Waals surface area contributed by atoms with Gasteiger partial charge in [-0.1, -0.05) is 43.0 Å². The fraction of sp³-hybridized carbons (Fsp3) is 0.533. The molecule has 1 atom stereocenters. The van der Waals surface area contributed by atoms with Crippen LogP contribution in [0.4, 0.5) is 0 Å². The smallest absolute Gasteiger partial charge is 0.314 e. The van der Waals surface area contributed by atoms with E-state index >= 15 is 0 Å². The van der Waals surface area contributed by atoms with Crippen molar-refractivity contribution in [3.8, 4) is 0 Å². The number of halogens is 1. The third-order valence-electron chi connectivity index (χ3n) is 4.05. The van der Waals surface area contributed by atoms with E-state index in [4.69, 9.17) is 16.3 Å². The Morgan fingerprint density at radius 1 is 1.26 bits per heavy atom. The van der Waals surface area contributed by atoms with E-state index < -0.39 is 11.5 Å². The van der Waals surface area contributed by atoms with Gasteiger partial charge in [0.1, 0.15) is 0 Å². The van der Waals surface area contributed by atoms with Gasteiger partial charge in [-0.2, -0.15) is 0 Å². The van der Waals surface area contributed by atoms with Crippen LogP contribution in [-0.4, -0.2) is 18.2 Å². The monoisotopic (exact) mass is 282 g/mol. The molecule has 1 N–H and O–H groups in total. The predicted octanol–water partition coefficient (Wildman–Crippen LogP) is 3.50. The highest BCUT2D eigenvalue weighted by Crippen LogP contribution is 2.47. The summed E-state index contributed by atoms with van der Waals surface area (Å²) in [6, 6.07) is 7.00. The third kappa shape index (κ3) is 2.77. The number of carbonyl (C=O) groups excluding carboxylic acids is 1. The van der Waals surface area contributed by atoms with Crippen LogP contribution in [0.3, 0.4) is 0 Å². The minimum absolute atomic E-state index is 0.311. The second-order valence-corrected chi connectivity index (χ2v) is 5.60. The molecule has 0 radical (unpaired) electrons. The van der Waals surface area contributed by atoms with Gasteiger partial charge in [0.15, 0.2) is 0 Å². The molecule has 1 aliphatic carbocycles. The second kappa shape index (κ2) is 5.93. The van der Waals surface area contributed by atoms with Gasteiger partial charge in [0.25, 0.3) is 0 Å². The van der Waals surface area contributed by atoms with Crippen LogP contribution in [0.2, 0.25) is 5.02 Å². The van der Waals surface area contributed by atoms with Crippen LogP contribution in [0, 0.1) is 5.41 Å². The molecule has 4 heteroatoms. The molecule has 19 heavy (non-hydrogen) atoms. The van der Waals surface area contributed by atoms with E-state index in [0.29, 0.717) is 17.9 Å². The standard InChI is InChI=1S/C15H19ClO3/c1-19-14(18)15(9-3-2-4-10-15)13(17)11-5-7-12(16)8-6-11/h5-8,13,17H,2-4,9-10H2,1H3. The average molecular weight is 283 g/mol. The molecule has 0 heterocycles. The van der Waals surface area contributed by atoms with E-state index in [1.807, 2.05) is 0 Å². The maximum Gasteiger partial charge on any atom is 0.314 e. The molecule has 104 valence electrons. The molecule has 1 aromatic rings. The van der Waals surface area contributed by atoms with Crippen LogP contribution >= 0.6 is 11.6 Å². The van der Waals surface area contributed by atoms with Gasteiger partial charge in [-0.3, -0.25) is 4.79 Å². The molecule has 3 nitrogen and oxygen atoms in total. The van der Waals surface area contributed by atoms with E-state index in [-0.39, 0.29) is 5.97 Å². The Balaban J connectivity index is 2.32. The molecule has 0 spiro atoms. The van der Waals surface area contributed by atoms with Crippen molar-refractivity contribution in [2.45, 2.75) is 38.2 Å². The third-order valence-corrected chi connectivity index (χ3v) is 4.30. The van der Waals surface area contributed by atoms with Crippen molar-refractivity contribution in [2.75, 3.05) is 7.11 Å². The van der Waals surface area contributed by atoms with E-state index in [0.717, 1.165) is 24.8 Å². The zero-order valence-corrected chi connectivity index (χ0v) is 11.8. The molecule has 0 saturated heterocycles. The molecule has 0 aliphatic heterocycles. The van der Waals surface area contributed by atoms with Crippen LogP contribution in [0.5, 0.6) is 0 Å². The maximum absolute atomic E-state index is 12.2. The van der Waals surface area contributed by atoms with Crippen LogP contribution in [0.25, 0.3) is 0 Å². The maximum atomic E-state index is 12.2. The van der Waals surface area contributed by atoms with E-state index in [2.05, 4.69) is 0 Å². The zero-order valence-electron chi connectivity index (χ0n) is 11.1. The number of ether oxygens (including phenoxy) is 1. The first-order chi connectivity index (χ1) is 9.10. The second-order valence-electron chi connectivity index (χ2n) is 5.16. The van der Waals surface area contributed by atoms with Crippen LogP contribution < -0.4 is 0 Å². The van der Waals surface area contributed by atoms with Gasteiger partial charge < -0.3 is 9.84 Å². The van der Waals surface area contributed by atoms with Crippen molar-refractivity contribution in [3.05, 3.63) is 34.9 Å². The van der Waals surface area contributed by atoms with Gasteiger partial charge in [0.2, 0.25) is 0 Å². The van der Waals surface area contributed by atoms with Crippen LogP contribution in [0.15, 0.2) is 24.3 Å². The first-order valence-electron chi connectivity index (χ1n) is 6.62. The van der Waals surface area contributed by atoms with E-state index in [1.165, 1.54) is 7.11 Å². The number of benzene rings is 1. The number of hydrogen-bond donors (Lipinski definition) is 1. The predicted molar refractivity (Wildman–Crippen MR) is 73.9 cm³/mol. The summed E-state index contributed by atoms with van der Waals surface area (Å²) in [5, 5.41) is 11.3. The van der Waals surface area contributed by atoms with Crippen molar-refractivity contribution in [1.29, 1.82) is 0 Å². The van der Waals surface area contributed by atoms with Gasteiger partial charge in [-0.15, -0.1) is 0 Å². The Labute approximate surface area is 118 Å². The molecule has 0 amide bonds.